The largest absolute Gasteiger partial charge is 0.479 e. The molecule has 0 spiro atoms. The molecule has 0 unspecified atom stereocenters. The second kappa shape index (κ2) is 8.86. The number of carboxylic acid groups (broad SMARTS) is 3. The second-order valence-electron chi connectivity index (χ2n) is 8.86. The molecule has 0 aliphatic carbocycles. The van der Waals surface area contributed by atoms with Gasteiger partial charge in [-0.25, -0.2) is 14.4 Å². The van der Waals surface area contributed by atoms with Crippen molar-refractivity contribution in [1.82, 2.24) is 0 Å². The van der Waals surface area contributed by atoms with Gasteiger partial charge in [0.2, 0.25) is 17.3 Å². The van der Waals surface area contributed by atoms with Gasteiger partial charge in [0.1, 0.15) is 6.10 Å². The van der Waals surface area contributed by atoms with E-state index in [1.807, 2.05) is 50.3 Å². The van der Waals surface area contributed by atoms with Crippen molar-refractivity contribution < 1.29 is 49.4 Å². The number of carboxylic acids is 3. The summed E-state index contributed by atoms with van der Waals surface area (Å²) in [5, 5.41) is 50.1. The predicted molar refractivity (Wildman–Crippen MR) is 112 cm³/mol. The Morgan fingerprint density at radius 2 is 1.79 bits per heavy atom. The number of fused-ring (bicyclic) bond motifs is 2. The highest BCUT2D eigenvalue weighted by Crippen LogP contribution is 2.54. The van der Waals surface area contributed by atoms with Crippen LogP contribution in [0, 0.1) is 5.92 Å². The summed E-state index contributed by atoms with van der Waals surface area (Å²) in [6.07, 6.45) is -1.90. The normalized spacial score (nSPS) is 34.6. The Bertz CT molecular complexity index is 959. The first-order valence-corrected chi connectivity index (χ1v) is 10.6. The van der Waals surface area contributed by atoms with E-state index in [1.54, 1.807) is 0 Å². The van der Waals surface area contributed by atoms with Crippen molar-refractivity contribution in [3.05, 3.63) is 47.5 Å². The van der Waals surface area contributed by atoms with Crippen molar-refractivity contribution in [1.29, 1.82) is 0 Å². The summed E-state index contributed by atoms with van der Waals surface area (Å²) in [5.74, 6) is -7.76. The Kier molecular flexibility index (Phi) is 6.67. The van der Waals surface area contributed by atoms with Crippen LogP contribution in [0.1, 0.15) is 38.7 Å². The van der Waals surface area contributed by atoms with Gasteiger partial charge in [0.25, 0.3) is 0 Å². The maximum Gasteiger partial charge on any atom is 0.343 e. The minimum absolute atomic E-state index is 0.0427. The Balaban J connectivity index is 1.83. The molecule has 2 fully saturated rings. The average Bonchev–Trinajstić information content (AvgIpc) is 3.00. The van der Waals surface area contributed by atoms with Crippen LogP contribution < -0.4 is 0 Å². The number of ether oxygens (including phenoxy) is 2. The van der Waals surface area contributed by atoms with Crippen LogP contribution in [-0.2, 0) is 30.3 Å². The fourth-order valence-corrected chi connectivity index (χ4v) is 4.80. The van der Waals surface area contributed by atoms with Gasteiger partial charge in [-0.2, -0.15) is 0 Å². The molecule has 1 aromatic rings. The molecule has 0 amide bonds. The summed E-state index contributed by atoms with van der Waals surface area (Å²) in [7, 11) is 0. The standard InChI is InChI=1S/C23H28O10/c1-13(10-14(2)11-15-6-4-3-5-7-15)8-9-21-12-16(24)23(33-21,20(29)30)22(31,19(27)28)17(32-21)18(25)26/h3-7,10,14,16-17,24,31H,8-9,11-12H2,1-2H3,(H,25,26)(H,27,28)(H,29,30)/t14-,16-,17-,21+,22-,23+/m1/s1. The van der Waals surface area contributed by atoms with Crippen LogP contribution in [0.2, 0.25) is 0 Å². The van der Waals surface area contributed by atoms with Gasteiger partial charge in [0.05, 0.1) is 0 Å². The molecule has 10 nitrogen and oxygen atoms in total. The van der Waals surface area contributed by atoms with Crippen LogP contribution in [0.5, 0.6) is 0 Å². The first kappa shape index (κ1) is 24.8. The van der Waals surface area contributed by atoms with Crippen molar-refractivity contribution in [2.45, 2.75) is 68.7 Å². The molecule has 2 saturated heterocycles. The zero-order chi connectivity index (χ0) is 24.6. The van der Waals surface area contributed by atoms with Gasteiger partial charge < -0.3 is 35.0 Å². The zero-order valence-electron chi connectivity index (χ0n) is 18.3. The van der Waals surface area contributed by atoms with E-state index in [2.05, 4.69) is 0 Å². The van der Waals surface area contributed by atoms with Gasteiger partial charge in [-0.3, -0.25) is 0 Å². The molecule has 2 bridgehead atoms. The number of aliphatic hydroxyl groups excluding tert-OH is 1. The first-order chi connectivity index (χ1) is 15.4. The number of aliphatic carboxylic acids is 3. The molecule has 2 aliphatic heterocycles. The van der Waals surface area contributed by atoms with E-state index in [1.165, 1.54) is 0 Å². The molecular formula is C23H28O10. The van der Waals surface area contributed by atoms with Crippen molar-refractivity contribution in [2.75, 3.05) is 0 Å². The number of benzene rings is 1. The topological polar surface area (TPSA) is 171 Å². The summed E-state index contributed by atoms with van der Waals surface area (Å²) < 4.78 is 10.9. The maximum absolute atomic E-state index is 12.1. The Hall–Kier alpha value is -2.79. The molecule has 3 rings (SSSR count). The quantitative estimate of drug-likeness (QED) is 0.334. The Morgan fingerprint density at radius 3 is 2.33 bits per heavy atom. The number of hydrogen-bond acceptors (Lipinski definition) is 7. The number of aliphatic hydroxyl groups is 2. The SMILES string of the molecule is CC(=C[C@@H](C)Cc1ccccc1)CC[C@@]12C[C@@H](O)[C@@](C(=O)O)(O1)[C@](O)(C(=O)O)[C@@H](C(=O)O)O2. The highest BCUT2D eigenvalue weighted by atomic mass is 16.8. The summed E-state index contributed by atoms with van der Waals surface area (Å²) in [5.41, 5.74) is -4.58. The monoisotopic (exact) mass is 464 g/mol. The smallest absolute Gasteiger partial charge is 0.343 e. The van der Waals surface area contributed by atoms with Crippen molar-refractivity contribution in [3.8, 4) is 0 Å². The van der Waals surface area contributed by atoms with Crippen LogP contribution >= 0.6 is 0 Å². The predicted octanol–water partition coefficient (Wildman–Crippen LogP) is 1.19. The van der Waals surface area contributed by atoms with Crippen LogP contribution in [-0.4, -0.2) is 72.6 Å². The molecule has 33 heavy (non-hydrogen) atoms. The highest BCUT2D eigenvalue weighted by molar-refractivity contribution is 5.97. The highest BCUT2D eigenvalue weighted by Gasteiger charge is 2.81. The van der Waals surface area contributed by atoms with E-state index in [0.717, 1.165) is 17.6 Å². The summed E-state index contributed by atoms with van der Waals surface area (Å²) >= 11 is 0. The number of rotatable bonds is 9. The summed E-state index contributed by atoms with van der Waals surface area (Å²) in [4.78, 5) is 35.7. The third-order valence-corrected chi connectivity index (χ3v) is 6.34. The Morgan fingerprint density at radius 1 is 1.15 bits per heavy atom. The lowest BCUT2D eigenvalue weighted by atomic mass is 9.75. The number of carbonyl (C=O) groups is 3. The van der Waals surface area contributed by atoms with Crippen molar-refractivity contribution in [2.24, 2.45) is 5.92 Å². The van der Waals surface area contributed by atoms with Crippen molar-refractivity contribution >= 4 is 17.9 Å². The van der Waals surface area contributed by atoms with Crippen LogP contribution in [0.15, 0.2) is 42.0 Å². The average molecular weight is 464 g/mol. The fraction of sp³-hybridized carbons (Fsp3) is 0.522. The van der Waals surface area contributed by atoms with Crippen LogP contribution in [0.25, 0.3) is 0 Å². The number of hydrogen-bond donors (Lipinski definition) is 5. The molecule has 10 heteroatoms. The summed E-state index contributed by atoms with van der Waals surface area (Å²) in [6, 6.07) is 9.87. The van der Waals surface area contributed by atoms with Crippen LogP contribution in [0.4, 0.5) is 0 Å². The molecule has 0 saturated carbocycles. The molecule has 2 heterocycles. The lowest BCUT2D eigenvalue weighted by Gasteiger charge is -2.48. The molecule has 0 radical (unpaired) electrons. The van der Waals surface area contributed by atoms with Gasteiger partial charge in [-0.15, -0.1) is 0 Å². The molecular weight excluding hydrogens is 436 g/mol. The zero-order valence-corrected chi connectivity index (χ0v) is 18.3. The van der Waals surface area contributed by atoms with E-state index in [4.69, 9.17) is 9.47 Å². The lowest BCUT2D eigenvalue weighted by molar-refractivity contribution is -0.365. The molecule has 0 aromatic heterocycles. The minimum Gasteiger partial charge on any atom is -0.479 e. The maximum atomic E-state index is 12.1. The molecule has 5 N–H and O–H groups in total. The van der Waals surface area contributed by atoms with Gasteiger partial charge >= 0.3 is 17.9 Å². The lowest BCUT2D eigenvalue weighted by Crippen LogP contribution is -2.77. The fourth-order valence-electron chi connectivity index (χ4n) is 4.80. The third kappa shape index (κ3) is 4.15. The van der Waals surface area contributed by atoms with E-state index < -0.39 is 53.5 Å². The van der Waals surface area contributed by atoms with Crippen molar-refractivity contribution in [3.63, 3.8) is 0 Å². The van der Waals surface area contributed by atoms with Gasteiger partial charge in [0, 0.05) is 12.8 Å². The van der Waals surface area contributed by atoms with Gasteiger partial charge in [-0.1, -0.05) is 48.9 Å². The minimum atomic E-state index is -3.54. The van der Waals surface area contributed by atoms with E-state index in [-0.39, 0.29) is 12.3 Å². The van der Waals surface area contributed by atoms with E-state index in [0.29, 0.717) is 6.42 Å². The molecule has 1 aromatic carbocycles. The summed E-state index contributed by atoms with van der Waals surface area (Å²) in [6.45, 7) is 3.88. The van der Waals surface area contributed by atoms with E-state index in [9.17, 15) is 39.9 Å². The van der Waals surface area contributed by atoms with Gasteiger partial charge in [-0.05, 0) is 31.2 Å². The molecule has 6 atom stereocenters. The molecule has 2 aliphatic rings. The first-order valence-electron chi connectivity index (χ1n) is 10.6. The van der Waals surface area contributed by atoms with E-state index >= 15 is 0 Å². The third-order valence-electron chi connectivity index (χ3n) is 6.34. The second-order valence-corrected chi connectivity index (χ2v) is 8.86. The number of allylic oxidation sites excluding steroid dienone is 2. The van der Waals surface area contributed by atoms with Crippen LogP contribution in [0.3, 0.4) is 0 Å². The van der Waals surface area contributed by atoms with Gasteiger partial charge in [0.15, 0.2) is 5.79 Å². The molecule has 180 valence electrons. The Labute approximate surface area is 190 Å².